The largest absolute Gasteiger partial charge is 0.493 e. The summed E-state index contributed by atoms with van der Waals surface area (Å²) in [5, 5.41) is 0. The fraction of sp³-hybridized carbons (Fsp3) is 0.417. The van der Waals surface area contributed by atoms with E-state index in [0.29, 0.717) is 12.2 Å². The minimum absolute atomic E-state index is 0.326. The van der Waals surface area contributed by atoms with Crippen LogP contribution in [0.3, 0.4) is 0 Å². The summed E-state index contributed by atoms with van der Waals surface area (Å²) >= 11 is 1.84. The number of ether oxygens (including phenoxy) is 2. The Morgan fingerprint density at radius 3 is 2.56 bits per heavy atom. The summed E-state index contributed by atoms with van der Waals surface area (Å²) in [6, 6.07) is 6.97. The third kappa shape index (κ3) is 4.14. The van der Waals surface area contributed by atoms with Crippen LogP contribution in [0.15, 0.2) is 24.3 Å². The van der Waals surface area contributed by atoms with Crippen LogP contribution in [0.1, 0.15) is 17.3 Å². The summed E-state index contributed by atoms with van der Waals surface area (Å²) in [5.41, 5.74) is 0.540. The molecule has 1 aromatic rings. The van der Waals surface area contributed by atoms with Crippen molar-refractivity contribution in [1.29, 1.82) is 0 Å². The van der Waals surface area contributed by atoms with Crippen LogP contribution in [0.5, 0.6) is 5.75 Å². The summed E-state index contributed by atoms with van der Waals surface area (Å²) in [5.74, 6) is 2.54. The van der Waals surface area contributed by atoms with Crippen molar-refractivity contribution in [2.75, 3.05) is 25.2 Å². The van der Waals surface area contributed by atoms with Crippen molar-refractivity contribution in [1.82, 2.24) is 0 Å². The van der Waals surface area contributed by atoms with Gasteiger partial charge < -0.3 is 9.47 Å². The maximum Gasteiger partial charge on any atom is 0.337 e. The Bertz CT molecular complexity index is 322. The highest BCUT2D eigenvalue weighted by Gasteiger charge is 2.04. The average molecular weight is 240 g/mol. The third-order valence-electron chi connectivity index (χ3n) is 1.98. The lowest BCUT2D eigenvalue weighted by molar-refractivity contribution is 0.0600. The average Bonchev–Trinajstić information content (AvgIpc) is 2.34. The number of carbonyl (C=O) groups excluding carboxylic acids is 1. The van der Waals surface area contributed by atoms with Crippen LogP contribution in [0.2, 0.25) is 0 Å². The van der Waals surface area contributed by atoms with Crippen molar-refractivity contribution in [2.24, 2.45) is 0 Å². The van der Waals surface area contributed by atoms with Gasteiger partial charge in [0.25, 0.3) is 0 Å². The van der Waals surface area contributed by atoms with Gasteiger partial charge in [0.1, 0.15) is 5.75 Å². The van der Waals surface area contributed by atoms with Crippen LogP contribution in [0, 0.1) is 0 Å². The maximum atomic E-state index is 11.2. The molecule has 1 aromatic carbocycles. The van der Waals surface area contributed by atoms with E-state index in [2.05, 4.69) is 11.7 Å². The molecule has 0 spiro atoms. The van der Waals surface area contributed by atoms with Crippen molar-refractivity contribution in [2.45, 2.75) is 6.92 Å². The number of esters is 1. The quantitative estimate of drug-likeness (QED) is 0.565. The molecule has 0 aliphatic heterocycles. The standard InChI is InChI=1S/C12H16O3S/c1-3-16-9-8-15-11-6-4-10(5-7-11)12(13)14-2/h4-7H,3,8-9H2,1-2H3. The molecule has 3 nitrogen and oxygen atoms in total. The van der Waals surface area contributed by atoms with Crippen LogP contribution < -0.4 is 4.74 Å². The van der Waals surface area contributed by atoms with Crippen molar-refractivity contribution < 1.29 is 14.3 Å². The molecule has 0 saturated carbocycles. The molecule has 0 atom stereocenters. The number of rotatable bonds is 6. The second kappa shape index (κ2) is 7.17. The van der Waals surface area contributed by atoms with Gasteiger partial charge in [0.05, 0.1) is 19.3 Å². The van der Waals surface area contributed by atoms with Gasteiger partial charge in [-0.15, -0.1) is 0 Å². The number of hydrogen-bond acceptors (Lipinski definition) is 4. The van der Waals surface area contributed by atoms with Gasteiger partial charge in [0, 0.05) is 5.75 Å². The summed E-state index contributed by atoms with van der Waals surface area (Å²) in [7, 11) is 1.37. The topological polar surface area (TPSA) is 35.5 Å². The van der Waals surface area contributed by atoms with Gasteiger partial charge in [0.2, 0.25) is 0 Å². The highest BCUT2D eigenvalue weighted by molar-refractivity contribution is 7.99. The Labute approximate surface area is 100 Å². The van der Waals surface area contributed by atoms with Gasteiger partial charge in [0.15, 0.2) is 0 Å². The molecule has 0 unspecified atom stereocenters. The number of thioether (sulfide) groups is 1. The third-order valence-corrected chi connectivity index (χ3v) is 2.84. The van der Waals surface area contributed by atoms with Crippen LogP contribution in [-0.2, 0) is 4.74 Å². The number of carbonyl (C=O) groups is 1. The molecular weight excluding hydrogens is 224 g/mol. The van der Waals surface area contributed by atoms with Crippen molar-refractivity contribution in [3.05, 3.63) is 29.8 Å². The zero-order chi connectivity index (χ0) is 11.8. The van der Waals surface area contributed by atoms with E-state index >= 15 is 0 Å². The Morgan fingerprint density at radius 1 is 1.31 bits per heavy atom. The molecule has 0 radical (unpaired) electrons. The Balaban J connectivity index is 2.42. The highest BCUT2D eigenvalue weighted by atomic mass is 32.2. The van der Waals surface area contributed by atoms with E-state index in [4.69, 9.17) is 4.74 Å². The van der Waals surface area contributed by atoms with Crippen molar-refractivity contribution in [3.8, 4) is 5.75 Å². The van der Waals surface area contributed by atoms with Crippen LogP contribution in [0.25, 0.3) is 0 Å². The Morgan fingerprint density at radius 2 is 2.00 bits per heavy atom. The van der Waals surface area contributed by atoms with Crippen LogP contribution >= 0.6 is 11.8 Å². The van der Waals surface area contributed by atoms with Crippen LogP contribution in [0.4, 0.5) is 0 Å². The molecule has 0 bridgehead atoms. The zero-order valence-electron chi connectivity index (χ0n) is 9.56. The van der Waals surface area contributed by atoms with E-state index in [-0.39, 0.29) is 5.97 Å². The van der Waals surface area contributed by atoms with E-state index in [9.17, 15) is 4.79 Å². The Kier molecular flexibility index (Phi) is 5.78. The first-order valence-corrected chi connectivity index (χ1v) is 6.32. The first kappa shape index (κ1) is 12.9. The summed E-state index contributed by atoms with van der Waals surface area (Å²) < 4.78 is 10.1. The maximum absolute atomic E-state index is 11.2. The number of hydrogen-bond donors (Lipinski definition) is 0. The van der Waals surface area contributed by atoms with Crippen molar-refractivity contribution in [3.63, 3.8) is 0 Å². The highest BCUT2D eigenvalue weighted by Crippen LogP contribution is 2.13. The van der Waals surface area contributed by atoms with Gasteiger partial charge in [-0.3, -0.25) is 0 Å². The first-order chi connectivity index (χ1) is 7.77. The fourth-order valence-corrected chi connectivity index (χ4v) is 1.66. The van der Waals surface area contributed by atoms with Gasteiger partial charge in [-0.05, 0) is 30.0 Å². The zero-order valence-corrected chi connectivity index (χ0v) is 10.4. The van der Waals surface area contributed by atoms with E-state index in [0.717, 1.165) is 17.3 Å². The second-order valence-corrected chi connectivity index (χ2v) is 4.46. The molecule has 0 aromatic heterocycles. The van der Waals surface area contributed by atoms with Gasteiger partial charge in [-0.2, -0.15) is 11.8 Å². The molecule has 88 valence electrons. The molecule has 0 amide bonds. The monoisotopic (exact) mass is 240 g/mol. The minimum Gasteiger partial charge on any atom is -0.493 e. The van der Waals surface area contributed by atoms with Gasteiger partial charge in [-0.1, -0.05) is 6.92 Å². The molecular formula is C12H16O3S. The second-order valence-electron chi connectivity index (χ2n) is 3.06. The summed E-state index contributed by atoms with van der Waals surface area (Å²) in [6.45, 7) is 2.81. The number of methoxy groups -OCH3 is 1. The molecule has 0 saturated heterocycles. The molecule has 1 rings (SSSR count). The van der Waals surface area contributed by atoms with Gasteiger partial charge >= 0.3 is 5.97 Å². The number of benzene rings is 1. The Hall–Kier alpha value is -1.16. The normalized spacial score (nSPS) is 9.88. The lowest BCUT2D eigenvalue weighted by Crippen LogP contribution is -2.02. The molecule has 0 aliphatic carbocycles. The van der Waals surface area contributed by atoms with E-state index in [1.807, 2.05) is 11.8 Å². The van der Waals surface area contributed by atoms with Crippen LogP contribution in [-0.4, -0.2) is 31.2 Å². The molecule has 4 heteroatoms. The lowest BCUT2D eigenvalue weighted by atomic mass is 10.2. The molecule has 0 heterocycles. The molecule has 0 aliphatic rings. The lowest BCUT2D eigenvalue weighted by Gasteiger charge is -2.06. The summed E-state index contributed by atoms with van der Waals surface area (Å²) in [6.07, 6.45) is 0. The first-order valence-electron chi connectivity index (χ1n) is 5.17. The molecule has 0 N–H and O–H groups in total. The van der Waals surface area contributed by atoms with E-state index in [1.165, 1.54) is 7.11 Å². The SMILES string of the molecule is CCSCCOc1ccc(C(=O)OC)cc1. The van der Waals surface area contributed by atoms with E-state index in [1.54, 1.807) is 24.3 Å². The minimum atomic E-state index is -0.326. The molecule has 16 heavy (non-hydrogen) atoms. The van der Waals surface area contributed by atoms with E-state index < -0.39 is 0 Å². The van der Waals surface area contributed by atoms with Crippen molar-refractivity contribution >= 4 is 17.7 Å². The van der Waals surface area contributed by atoms with Gasteiger partial charge in [-0.25, -0.2) is 4.79 Å². The summed E-state index contributed by atoms with van der Waals surface area (Å²) in [4.78, 5) is 11.2. The smallest absolute Gasteiger partial charge is 0.337 e. The molecule has 0 fully saturated rings. The predicted octanol–water partition coefficient (Wildman–Crippen LogP) is 2.61. The fourth-order valence-electron chi connectivity index (χ4n) is 1.17. The predicted molar refractivity (Wildman–Crippen MR) is 66.3 cm³/mol.